The minimum atomic E-state index is -0.639. The number of carbonyl (C=O) groups is 4. The topological polar surface area (TPSA) is 149 Å². The predicted octanol–water partition coefficient (Wildman–Crippen LogP) is 5.72. The molecule has 4 aromatic carbocycles. The minimum Gasteiger partial charge on any atom is -0.493 e. The molecule has 0 fully saturated rings. The number of hydrogen-bond donors (Lipinski definition) is 4. The monoisotopic (exact) mass is 638 g/mol. The Morgan fingerprint density at radius 1 is 0.826 bits per heavy atom. The Hall–Kier alpha value is -5.55. The minimum absolute atomic E-state index is 0.00180. The second-order valence-electron chi connectivity index (χ2n) is 9.89. The molecule has 4 aromatic rings. The molecule has 0 saturated carbocycles. The van der Waals surface area contributed by atoms with Crippen LogP contribution in [-0.2, 0) is 9.59 Å². The van der Waals surface area contributed by atoms with Gasteiger partial charge in [-0.15, -0.1) is 11.8 Å². The van der Waals surface area contributed by atoms with Gasteiger partial charge in [-0.3, -0.25) is 19.2 Å². The molecule has 0 aliphatic heterocycles. The van der Waals surface area contributed by atoms with Gasteiger partial charge in [-0.1, -0.05) is 49.4 Å². The first kappa shape index (κ1) is 33.3. The Labute approximate surface area is 271 Å². The number of rotatable bonds is 13. The van der Waals surface area contributed by atoms with Crippen molar-refractivity contribution in [1.82, 2.24) is 5.32 Å². The van der Waals surface area contributed by atoms with E-state index in [9.17, 15) is 19.2 Å². The third-order valence-electron chi connectivity index (χ3n) is 6.73. The highest BCUT2D eigenvalue weighted by Crippen LogP contribution is 2.30. The van der Waals surface area contributed by atoms with Gasteiger partial charge in [0.25, 0.3) is 17.7 Å². The quantitative estimate of drug-likeness (QED) is 0.108. The van der Waals surface area contributed by atoms with Crippen LogP contribution in [-0.4, -0.2) is 43.1 Å². The summed E-state index contributed by atoms with van der Waals surface area (Å²) in [6, 6.07) is 27.3. The number of thioether (sulfide) groups is 1. The van der Waals surface area contributed by atoms with Gasteiger partial charge in [0.2, 0.25) is 5.91 Å². The summed E-state index contributed by atoms with van der Waals surface area (Å²) in [4.78, 5) is 52.3. The number of hydrogen-bond acceptors (Lipinski definition) is 7. The van der Waals surface area contributed by atoms with Gasteiger partial charge in [0, 0.05) is 16.1 Å². The van der Waals surface area contributed by atoms with Crippen molar-refractivity contribution in [3.8, 4) is 11.5 Å². The number of anilines is 2. The maximum absolute atomic E-state index is 13.6. The zero-order chi connectivity index (χ0) is 33.1. The molecule has 4 rings (SSSR count). The Balaban J connectivity index is 1.54. The fourth-order valence-electron chi connectivity index (χ4n) is 4.40. The van der Waals surface area contributed by atoms with Crippen LogP contribution in [0.25, 0.3) is 6.08 Å². The number of nitrogens with one attached hydrogen (secondary N) is 3. The Bertz CT molecular complexity index is 1760. The van der Waals surface area contributed by atoms with Crippen molar-refractivity contribution in [3.05, 3.63) is 119 Å². The van der Waals surface area contributed by atoms with Gasteiger partial charge in [-0.05, 0) is 72.7 Å². The molecule has 0 spiro atoms. The second-order valence-corrected chi connectivity index (χ2v) is 11.2. The zero-order valence-electron chi connectivity index (χ0n) is 25.5. The summed E-state index contributed by atoms with van der Waals surface area (Å²) in [5, 5.41) is 7.87. The molecule has 4 amide bonds. The summed E-state index contributed by atoms with van der Waals surface area (Å²) in [6.45, 7) is 1.88. The maximum Gasteiger partial charge on any atom is 0.272 e. The normalized spacial score (nSPS) is 11.6. The summed E-state index contributed by atoms with van der Waals surface area (Å²) < 4.78 is 10.7. The number of para-hydroxylation sites is 1. The molecule has 1 unspecified atom stereocenters. The molecule has 11 heteroatoms. The van der Waals surface area contributed by atoms with E-state index in [2.05, 4.69) is 16.0 Å². The van der Waals surface area contributed by atoms with Crippen molar-refractivity contribution in [2.75, 3.05) is 24.9 Å². The van der Waals surface area contributed by atoms with Gasteiger partial charge in [0.1, 0.15) is 5.70 Å². The van der Waals surface area contributed by atoms with E-state index in [0.717, 1.165) is 4.90 Å². The van der Waals surface area contributed by atoms with Crippen LogP contribution in [0, 0.1) is 0 Å². The fraction of sp³-hybridized carbons (Fsp3) is 0.143. The third kappa shape index (κ3) is 8.76. The molecule has 0 aromatic heterocycles. The van der Waals surface area contributed by atoms with E-state index in [-0.39, 0.29) is 17.2 Å². The van der Waals surface area contributed by atoms with E-state index in [0.29, 0.717) is 40.4 Å². The molecule has 5 N–H and O–H groups in total. The molecule has 0 bridgehead atoms. The van der Waals surface area contributed by atoms with Gasteiger partial charge in [-0.2, -0.15) is 0 Å². The van der Waals surface area contributed by atoms with Crippen LogP contribution in [0.5, 0.6) is 11.5 Å². The van der Waals surface area contributed by atoms with Crippen LogP contribution in [0.4, 0.5) is 11.4 Å². The van der Waals surface area contributed by atoms with Crippen LogP contribution >= 0.6 is 11.8 Å². The maximum atomic E-state index is 13.6. The Morgan fingerprint density at radius 2 is 1.54 bits per heavy atom. The number of ether oxygens (including phenoxy) is 2. The van der Waals surface area contributed by atoms with E-state index in [1.165, 1.54) is 32.1 Å². The predicted molar refractivity (Wildman–Crippen MR) is 180 cm³/mol. The first-order valence-electron chi connectivity index (χ1n) is 14.3. The number of carbonyl (C=O) groups excluding carboxylic acids is 4. The molecule has 1 atom stereocenters. The summed E-state index contributed by atoms with van der Waals surface area (Å²) in [6.07, 6.45) is 2.04. The second kappa shape index (κ2) is 16.0. The number of amides is 4. The lowest BCUT2D eigenvalue weighted by atomic mass is 10.1. The Kier molecular flexibility index (Phi) is 11.6. The largest absolute Gasteiger partial charge is 0.493 e. The molecule has 0 aliphatic carbocycles. The first-order valence-corrected chi connectivity index (χ1v) is 15.2. The van der Waals surface area contributed by atoms with E-state index < -0.39 is 23.0 Å². The molecule has 0 saturated heterocycles. The number of primary amides is 1. The molecule has 46 heavy (non-hydrogen) atoms. The average molecular weight is 639 g/mol. The van der Waals surface area contributed by atoms with Gasteiger partial charge in [0.15, 0.2) is 11.5 Å². The standard InChI is InChI=1S/C35H34N4O6S/c1-4-31(35(43)38-27-16-9-8-15-26(27)32(36)40)46-25-14-10-13-24(21-25)37-34(42)28(39-33(41)23-11-6-5-7-12-23)19-22-17-18-29(44-2)30(20-22)45-3/h5-21,31H,4H2,1-3H3,(H2,36,40)(H,37,42)(H,38,43)(H,39,41)/b28-19+. The number of nitrogens with two attached hydrogens (primary N) is 1. The summed E-state index contributed by atoms with van der Waals surface area (Å²) in [5.74, 6) is -0.971. The smallest absolute Gasteiger partial charge is 0.272 e. The molecule has 236 valence electrons. The SMILES string of the molecule is CCC(Sc1cccc(NC(=O)/C(=C\c2ccc(OC)c(OC)c2)NC(=O)c2ccccc2)c1)C(=O)Nc1ccccc1C(N)=O. The van der Waals surface area contributed by atoms with Crippen molar-refractivity contribution in [1.29, 1.82) is 0 Å². The molecule has 0 heterocycles. The van der Waals surface area contributed by atoms with Gasteiger partial charge in [0.05, 0.1) is 30.7 Å². The zero-order valence-corrected chi connectivity index (χ0v) is 26.4. The molecule has 10 nitrogen and oxygen atoms in total. The first-order chi connectivity index (χ1) is 22.2. The van der Waals surface area contributed by atoms with Crippen LogP contribution in [0.3, 0.4) is 0 Å². The van der Waals surface area contributed by atoms with Crippen molar-refractivity contribution < 1.29 is 28.7 Å². The lowest BCUT2D eigenvalue weighted by Gasteiger charge is -2.17. The van der Waals surface area contributed by atoms with E-state index in [4.69, 9.17) is 15.2 Å². The summed E-state index contributed by atoms with van der Waals surface area (Å²) in [7, 11) is 3.03. The van der Waals surface area contributed by atoms with Gasteiger partial charge < -0.3 is 31.2 Å². The molecule has 0 aliphatic rings. The Morgan fingerprint density at radius 3 is 2.24 bits per heavy atom. The lowest BCUT2D eigenvalue weighted by Crippen LogP contribution is -2.30. The van der Waals surface area contributed by atoms with Crippen molar-refractivity contribution in [3.63, 3.8) is 0 Å². The van der Waals surface area contributed by atoms with Crippen LogP contribution in [0.2, 0.25) is 0 Å². The van der Waals surface area contributed by atoms with Gasteiger partial charge in [-0.25, -0.2) is 0 Å². The third-order valence-corrected chi connectivity index (χ3v) is 8.09. The average Bonchev–Trinajstić information content (AvgIpc) is 3.07. The molecule has 0 radical (unpaired) electrons. The highest BCUT2D eigenvalue weighted by molar-refractivity contribution is 8.00. The number of benzene rings is 4. The van der Waals surface area contributed by atoms with Gasteiger partial charge >= 0.3 is 0 Å². The molecular weight excluding hydrogens is 604 g/mol. The summed E-state index contributed by atoms with van der Waals surface area (Å²) >= 11 is 1.31. The van der Waals surface area contributed by atoms with Crippen LogP contribution in [0.15, 0.2) is 108 Å². The van der Waals surface area contributed by atoms with Crippen molar-refractivity contribution in [2.45, 2.75) is 23.5 Å². The highest BCUT2D eigenvalue weighted by atomic mass is 32.2. The van der Waals surface area contributed by atoms with E-state index in [1.54, 1.807) is 91.0 Å². The highest BCUT2D eigenvalue weighted by Gasteiger charge is 2.21. The van der Waals surface area contributed by atoms with E-state index in [1.807, 2.05) is 13.0 Å². The number of methoxy groups -OCH3 is 2. The van der Waals surface area contributed by atoms with Crippen LogP contribution < -0.4 is 31.2 Å². The molecular formula is C35H34N4O6S. The van der Waals surface area contributed by atoms with Crippen LogP contribution in [0.1, 0.15) is 39.6 Å². The van der Waals surface area contributed by atoms with Crippen molar-refractivity contribution >= 4 is 52.8 Å². The van der Waals surface area contributed by atoms with Crippen molar-refractivity contribution in [2.24, 2.45) is 5.73 Å². The summed E-state index contributed by atoms with van der Waals surface area (Å²) in [5.41, 5.74) is 7.44. The lowest BCUT2D eigenvalue weighted by molar-refractivity contribution is -0.116. The fourth-order valence-corrected chi connectivity index (χ4v) is 5.42. The van der Waals surface area contributed by atoms with E-state index >= 15 is 0 Å².